The summed E-state index contributed by atoms with van der Waals surface area (Å²) in [6, 6.07) is 1.20. The van der Waals surface area contributed by atoms with Crippen molar-refractivity contribution < 1.29 is 13.2 Å². The quantitative estimate of drug-likeness (QED) is 0.556. The van der Waals surface area contributed by atoms with Gasteiger partial charge in [0.2, 0.25) is 0 Å². The third-order valence-electron chi connectivity index (χ3n) is 10.8. The number of nitrogens with zero attached hydrogens (tertiary/aromatic N) is 4. The van der Waals surface area contributed by atoms with Crippen LogP contribution in [0.3, 0.4) is 0 Å². The zero-order valence-electron chi connectivity index (χ0n) is 22.8. The first-order chi connectivity index (χ1) is 18.7. The second-order valence-corrected chi connectivity index (χ2v) is 13.4. The van der Waals surface area contributed by atoms with Crippen LogP contribution in [0.15, 0.2) is 23.3 Å². The molecule has 5 aliphatic rings. The molecule has 4 atom stereocenters. The van der Waals surface area contributed by atoms with Gasteiger partial charge in [0.1, 0.15) is 0 Å². The van der Waals surface area contributed by atoms with Gasteiger partial charge in [0, 0.05) is 38.1 Å². The maximum atomic E-state index is 14.3. The van der Waals surface area contributed by atoms with Crippen LogP contribution in [-0.2, 0) is 12.7 Å². The van der Waals surface area contributed by atoms with Crippen LogP contribution in [-0.4, -0.2) is 51.7 Å². The molecule has 0 bridgehead atoms. The van der Waals surface area contributed by atoms with Gasteiger partial charge in [-0.25, -0.2) is 15.6 Å². The number of hydrazine groups is 1. The highest BCUT2D eigenvalue weighted by Crippen LogP contribution is 2.49. The Labute approximate surface area is 227 Å². The summed E-state index contributed by atoms with van der Waals surface area (Å²) >= 11 is 0. The monoisotopic (exact) mass is 546 g/mol. The van der Waals surface area contributed by atoms with Gasteiger partial charge >= 0.3 is 11.9 Å². The summed E-state index contributed by atoms with van der Waals surface area (Å²) in [5.41, 5.74) is 6.69. The fraction of sp³-hybridized carbons (Fsp3) is 0.759. The van der Waals surface area contributed by atoms with Gasteiger partial charge < -0.3 is 0 Å². The number of alkyl halides is 3. The third-order valence-corrected chi connectivity index (χ3v) is 10.8. The van der Waals surface area contributed by atoms with Crippen molar-refractivity contribution in [2.45, 2.75) is 89.1 Å². The molecular formula is C29H41F3N6O. The second-order valence-electron chi connectivity index (χ2n) is 13.4. The summed E-state index contributed by atoms with van der Waals surface area (Å²) < 4.78 is 45.7. The van der Waals surface area contributed by atoms with Crippen molar-refractivity contribution in [3.05, 3.63) is 40.1 Å². The van der Waals surface area contributed by atoms with Crippen molar-refractivity contribution >= 4 is 5.52 Å². The number of rotatable bonds is 6. The highest BCUT2D eigenvalue weighted by atomic mass is 19.4. The van der Waals surface area contributed by atoms with E-state index in [0.717, 1.165) is 45.4 Å². The average molecular weight is 547 g/mol. The molecule has 4 heterocycles. The maximum Gasteiger partial charge on any atom is 0.418 e. The Morgan fingerprint density at radius 3 is 2.41 bits per heavy atom. The fourth-order valence-corrected chi connectivity index (χ4v) is 8.51. The lowest BCUT2D eigenvalue weighted by atomic mass is 9.63. The van der Waals surface area contributed by atoms with E-state index in [9.17, 15) is 18.0 Å². The van der Waals surface area contributed by atoms with Crippen molar-refractivity contribution in [1.82, 2.24) is 29.6 Å². The largest absolute Gasteiger partial charge is 0.418 e. The van der Waals surface area contributed by atoms with E-state index >= 15 is 0 Å². The minimum atomic E-state index is -4.51. The Kier molecular flexibility index (Phi) is 6.41. The normalized spacial score (nSPS) is 30.8. The Hall–Kier alpha value is -1.88. The van der Waals surface area contributed by atoms with Crippen molar-refractivity contribution in [3.8, 4) is 0 Å². The van der Waals surface area contributed by atoms with Gasteiger partial charge in [-0.05, 0) is 74.0 Å². The van der Waals surface area contributed by atoms with Crippen molar-refractivity contribution in [2.24, 2.45) is 23.2 Å². The fourth-order valence-electron chi connectivity index (χ4n) is 8.51. The molecule has 0 radical (unpaired) electrons. The first kappa shape index (κ1) is 26.0. The van der Waals surface area contributed by atoms with Gasteiger partial charge in [-0.2, -0.15) is 13.2 Å². The van der Waals surface area contributed by atoms with Gasteiger partial charge in [-0.3, -0.25) is 18.8 Å². The molecule has 10 heteroatoms. The zero-order chi connectivity index (χ0) is 26.9. The number of likely N-dealkylation sites (tertiary alicyclic amines) is 1. The van der Waals surface area contributed by atoms with Gasteiger partial charge in [0.15, 0.2) is 0 Å². The smallest absolute Gasteiger partial charge is 0.298 e. The number of pyridine rings is 1. The van der Waals surface area contributed by atoms with E-state index in [0.29, 0.717) is 35.3 Å². The zero-order valence-corrected chi connectivity index (χ0v) is 22.8. The van der Waals surface area contributed by atoms with Crippen LogP contribution in [0.5, 0.6) is 0 Å². The Bertz CT molecular complexity index is 1270. The van der Waals surface area contributed by atoms with E-state index in [4.69, 9.17) is 0 Å². The SMILES string of the molecule is CN1CNNC1[C@H](C1CCC1)C1CCCC(n2cc3c(C(F)(F)F)cc(CN4CC5(CCC5)C4)cn3c2=O)C1. The Morgan fingerprint density at radius 2 is 1.79 bits per heavy atom. The summed E-state index contributed by atoms with van der Waals surface area (Å²) in [5, 5.41) is 0. The summed E-state index contributed by atoms with van der Waals surface area (Å²) in [6.07, 6.45) is 10.1. The number of halogens is 3. The number of nitrogens with one attached hydrogen (secondary N) is 2. The number of hydrogen-bond donors (Lipinski definition) is 2. The standard InChI is InChI=1S/C29H41F3N6O/c1-35-18-33-34-26(35)25(20-5-2-6-20)21-7-3-8-22(12-21)37-15-24-23(29(30,31)32)11-19(14-38(24)27(37)39)13-36-16-28(17-36)9-4-10-28/h11,14-15,20-22,25-26,33-34H,2-10,12-13,16-18H2,1H3/t21?,22?,25-,26?/m1/s1. The van der Waals surface area contributed by atoms with Crippen LogP contribution < -0.4 is 16.5 Å². The molecule has 2 aromatic rings. The Balaban J connectivity index is 1.17. The minimum Gasteiger partial charge on any atom is -0.298 e. The van der Waals surface area contributed by atoms with Crippen LogP contribution in [0.2, 0.25) is 0 Å². The molecule has 2 saturated heterocycles. The number of imidazole rings is 1. The molecule has 3 unspecified atom stereocenters. The molecule has 7 nitrogen and oxygen atoms in total. The molecule has 0 amide bonds. The highest BCUT2D eigenvalue weighted by Gasteiger charge is 2.47. The molecule has 5 fully saturated rings. The third kappa shape index (κ3) is 4.55. The average Bonchev–Trinajstić information content (AvgIpc) is 3.39. The molecular weight excluding hydrogens is 505 g/mol. The molecule has 39 heavy (non-hydrogen) atoms. The molecule has 2 N–H and O–H groups in total. The lowest BCUT2D eigenvalue weighted by molar-refractivity contribution is -0.136. The second kappa shape index (κ2) is 9.60. The first-order valence-corrected chi connectivity index (χ1v) is 15.0. The van der Waals surface area contributed by atoms with Crippen molar-refractivity contribution in [3.63, 3.8) is 0 Å². The van der Waals surface area contributed by atoms with Crippen LogP contribution in [0.4, 0.5) is 13.2 Å². The van der Waals surface area contributed by atoms with E-state index in [1.807, 2.05) is 0 Å². The van der Waals surface area contributed by atoms with Gasteiger partial charge in [-0.1, -0.05) is 32.1 Å². The summed E-state index contributed by atoms with van der Waals surface area (Å²) in [5.74, 6) is 1.58. The van der Waals surface area contributed by atoms with Crippen molar-refractivity contribution in [1.29, 1.82) is 0 Å². The van der Waals surface area contributed by atoms with Gasteiger partial charge in [0.05, 0.1) is 23.9 Å². The van der Waals surface area contributed by atoms with E-state index in [-0.39, 0.29) is 23.4 Å². The maximum absolute atomic E-state index is 14.3. The van der Waals surface area contributed by atoms with Crippen LogP contribution in [0, 0.1) is 23.2 Å². The van der Waals surface area contributed by atoms with E-state index in [1.165, 1.54) is 55.2 Å². The van der Waals surface area contributed by atoms with Gasteiger partial charge in [0.25, 0.3) is 0 Å². The molecule has 214 valence electrons. The number of hydrogen-bond acceptors (Lipinski definition) is 5. The molecule has 2 aliphatic heterocycles. The van der Waals surface area contributed by atoms with Crippen LogP contribution >= 0.6 is 0 Å². The predicted molar refractivity (Wildman–Crippen MR) is 143 cm³/mol. The van der Waals surface area contributed by atoms with Gasteiger partial charge in [-0.15, -0.1) is 0 Å². The predicted octanol–water partition coefficient (Wildman–Crippen LogP) is 4.58. The topological polar surface area (TPSA) is 56.9 Å². The minimum absolute atomic E-state index is 0.0191. The van der Waals surface area contributed by atoms with E-state index in [2.05, 4.69) is 27.7 Å². The molecule has 7 rings (SSSR count). The first-order valence-electron chi connectivity index (χ1n) is 15.0. The molecule has 3 aliphatic carbocycles. The van der Waals surface area contributed by atoms with E-state index < -0.39 is 11.7 Å². The lowest BCUT2D eigenvalue weighted by Gasteiger charge is -2.56. The summed E-state index contributed by atoms with van der Waals surface area (Å²) in [4.78, 5) is 18.2. The summed E-state index contributed by atoms with van der Waals surface area (Å²) in [6.45, 7) is 3.17. The van der Waals surface area contributed by atoms with Crippen LogP contribution in [0.1, 0.15) is 81.4 Å². The van der Waals surface area contributed by atoms with Crippen molar-refractivity contribution in [2.75, 3.05) is 26.8 Å². The lowest BCUT2D eigenvalue weighted by Crippen LogP contribution is -2.58. The highest BCUT2D eigenvalue weighted by molar-refractivity contribution is 5.56. The summed E-state index contributed by atoms with van der Waals surface area (Å²) in [7, 11) is 2.14. The Morgan fingerprint density at radius 1 is 1.05 bits per heavy atom. The molecule has 0 aromatic carbocycles. The van der Waals surface area contributed by atoms with Crippen LogP contribution in [0.25, 0.3) is 5.52 Å². The van der Waals surface area contributed by atoms with E-state index in [1.54, 1.807) is 10.8 Å². The number of aromatic nitrogens is 2. The molecule has 1 spiro atoms. The molecule has 3 saturated carbocycles. The number of fused-ring (bicyclic) bond motifs is 1. The molecule has 2 aromatic heterocycles.